The number of para-hydroxylation sites is 1. The number of esters is 1. The predicted molar refractivity (Wildman–Crippen MR) is 95.4 cm³/mol. The first-order chi connectivity index (χ1) is 12.1. The van der Waals surface area contributed by atoms with E-state index in [9.17, 15) is 9.59 Å². The number of likely N-dealkylation sites (N-methyl/N-ethyl adjacent to an activating group) is 1. The van der Waals surface area contributed by atoms with Crippen LogP contribution in [0.3, 0.4) is 0 Å². The Bertz CT molecular complexity index is 550. The minimum absolute atomic E-state index is 0.0430. The molecule has 2 rings (SSSR count). The van der Waals surface area contributed by atoms with E-state index in [0.717, 1.165) is 18.6 Å². The van der Waals surface area contributed by atoms with Crippen molar-refractivity contribution in [1.29, 1.82) is 0 Å². The summed E-state index contributed by atoms with van der Waals surface area (Å²) in [6, 6.07) is 10.1. The van der Waals surface area contributed by atoms with Crippen LogP contribution in [0.1, 0.15) is 32.1 Å². The van der Waals surface area contributed by atoms with E-state index in [1.165, 1.54) is 7.11 Å². The molecule has 25 heavy (non-hydrogen) atoms. The molecule has 0 aliphatic carbocycles. The molecule has 1 heterocycles. The lowest BCUT2D eigenvalue weighted by Gasteiger charge is -2.25. The smallest absolute Gasteiger partial charge is 0.307 e. The van der Waals surface area contributed by atoms with Crippen molar-refractivity contribution in [2.75, 3.05) is 27.3 Å². The maximum atomic E-state index is 12.0. The number of nitrogens with zero attached hydrogens (tertiary/aromatic N) is 1. The number of methoxy groups -OCH3 is 1. The quantitative estimate of drug-likeness (QED) is 0.546. The summed E-state index contributed by atoms with van der Waals surface area (Å²) in [5, 5.41) is 2.99. The van der Waals surface area contributed by atoms with Gasteiger partial charge in [-0.05, 0) is 38.4 Å². The topological polar surface area (TPSA) is 67.9 Å². The molecule has 6 heteroatoms. The van der Waals surface area contributed by atoms with Gasteiger partial charge in [-0.1, -0.05) is 18.2 Å². The van der Waals surface area contributed by atoms with Crippen molar-refractivity contribution in [2.45, 2.75) is 44.2 Å². The van der Waals surface area contributed by atoms with Gasteiger partial charge in [0.1, 0.15) is 5.75 Å². The van der Waals surface area contributed by atoms with Gasteiger partial charge in [-0.2, -0.15) is 0 Å². The van der Waals surface area contributed by atoms with Crippen molar-refractivity contribution < 1.29 is 19.1 Å². The number of nitrogens with one attached hydrogen (secondary N) is 1. The number of carbonyl (C=O) groups is 2. The van der Waals surface area contributed by atoms with E-state index in [0.29, 0.717) is 32.4 Å². The van der Waals surface area contributed by atoms with Gasteiger partial charge >= 0.3 is 5.97 Å². The number of ether oxygens (including phenoxy) is 2. The van der Waals surface area contributed by atoms with Gasteiger partial charge in [0, 0.05) is 25.0 Å². The summed E-state index contributed by atoms with van der Waals surface area (Å²) < 4.78 is 10.3. The summed E-state index contributed by atoms with van der Waals surface area (Å²) >= 11 is 0. The number of amides is 1. The van der Waals surface area contributed by atoms with Gasteiger partial charge in [0.2, 0.25) is 5.91 Å². The average Bonchev–Trinajstić information content (AvgIpc) is 2.97. The zero-order chi connectivity index (χ0) is 18.1. The van der Waals surface area contributed by atoms with E-state index < -0.39 is 0 Å². The van der Waals surface area contributed by atoms with Gasteiger partial charge in [0.05, 0.1) is 20.1 Å². The molecule has 138 valence electrons. The van der Waals surface area contributed by atoms with Crippen molar-refractivity contribution in [3.05, 3.63) is 30.3 Å². The monoisotopic (exact) mass is 348 g/mol. The van der Waals surface area contributed by atoms with Crippen LogP contribution in [-0.2, 0) is 14.3 Å². The molecular weight excluding hydrogens is 320 g/mol. The number of hydrogen-bond donors (Lipinski definition) is 1. The molecule has 0 aromatic heterocycles. The third-order valence-electron chi connectivity index (χ3n) is 4.71. The highest BCUT2D eigenvalue weighted by atomic mass is 16.5. The fraction of sp³-hybridized carbons (Fsp3) is 0.579. The summed E-state index contributed by atoms with van der Waals surface area (Å²) in [5.41, 5.74) is 0. The molecule has 1 aliphatic heterocycles. The second-order valence-electron chi connectivity index (χ2n) is 6.40. The molecular formula is C19H28N2O4. The van der Waals surface area contributed by atoms with Crippen LogP contribution >= 0.6 is 0 Å². The maximum Gasteiger partial charge on any atom is 0.307 e. The van der Waals surface area contributed by atoms with Gasteiger partial charge in [0.25, 0.3) is 0 Å². The van der Waals surface area contributed by atoms with E-state index in [1.54, 1.807) is 0 Å². The molecule has 1 N–H and O–H groups in total. The lowest BCUT2D eigenvalue weighted by atomic mass is 10.1. The summed E-state index contributed by atoms with van der Waals surface area (Å²) in [6.45, 7) is 1.15. The first-order valence-electron chi connectivity index (χ1n) is 8.83. The van der Waals surface area contributed by atoms with Gasteiger partial charge in [-0.15, -0.1) is 0 Å². The zero-order valence-electron chi connectivity index (χ0n) is 15.1. The molecule has 0 saturated carbocycles. The van der Waals surface area contributed by atoms with E-state index in [2.05, 4.69) is 10.2 Å². The molecule has 2 atom stereocenters. The first-order valence-corrected chi connectivity index (χ1v) is 8.83. The molecule has 1 fully saturated rings. The van der Waals surface area contributed by atoms with Gasteiger partial charge < -0.3 is 14.8 Å². The maximum absolute atomic E-state index is 12.0. The van der Waals surface area contributed by atoms with Crippen LogP contribution in [-0.4, -0.2) is 56.2 Å². The number of likely N-dealkylation sites (tertiary alicyclic amines) is 1. The normalized spacial score (nSPS) is 20.2. The second-order valence-corrected chi connectivity index (χ2v) is 6.40. The van der Waals surface area contributed by atoms with E-state index >= 15 is 0 Å². The van der Waals surface area contributed by atoms with Crippen molar-refractivity contribution >= 4 is 11.9 Å². The largest absolute Gasteiger partial charge is 0.494 e. The third-order valence-corrected chi connectivity index (χ3v) is 4.71. The van der Waals surface area contributed by atoms with E-state index in [-0.39, 0.29) is 24.0 Å². The molecule has 0 bridgehead atoms. The fourth-order valence-electron chi connectivity index (χ4n) is 3.12. The van der Waals surface area contributed by atoms with Crippen molar-refractivity contribution in [3.8, 4) is 5.75 Å². The van der Waals surface area contributed by atoms with Crippen LogP contribution < -0.4 is 10.1 Å². The Morgan fingerprint density at radius 1 is 1.20 bits per heavy atom. The molecule has 0 radical (unpaired) electrons. The average molecular weight is 348 g/mol. The summed E-state index contributed by atoms with van der Waals surface area (Å²) in [4.78, 5) is 25.5. The molecule has 1 amide bonds. The van der Waals surface area contributed by atoms with Crippen LogP contribution in [0.4, 0.5) is 0 Å². The summed E-state index contributed by atoms with van der Waals surface area (Å²) in [6.07, 6.45) is 3.49. The van der Waals surface area contributed by atoms with Crippen molar-refractivity contribution in [2.24, 2.45) is 0 Å². The lowest BCUT2D eigenvalue weighted by molar-refractivity contribution is -0.141. The molecule has 1 saturated heterocycles. The first kappa shape index (κ1) is 19.2. The fourth-order valence-corrected chi connectivity index (χ4v) is 3.12. The summed E-state index contributed by atoms with van der Waals surface area (Å²) in [7, 11) is 3.42. The van der Waals surface area contributed by atoms with Gasteiger partial charge in [-0.25, -0.2) is 0 Å². The Morgan fingerprint density at radius 3 is 2.64 bits per heavy atom. The van der Waals surface area contributed by atoms with E-state index in [4.69, 9.17) is 9.47 Å². The minimum atomic E-state index is -0.181. The van der Waals surface area contributed by atoms with Gasteiger partial charge in [0.15, 0.2) is 0 Å². The van der Waals surface area contributed by atoms with Crippen molar-refractivity contribution in [1.82, 2.24) is 10.2 Å². The highest BCUT2D eigenvalue weighted by Crippen LogP contribution is 2.24. The standard InChI is InChI=1S/C19H28N2O4/c1-21-15(13-19(23)24-2)10-11-16(21)14-20-18(22)9-6-12-25-17-7-4-3-5-8-17/h3-5,7-8,15-16H,6,9-14H2,1-2H3,(H,20,22)/t15-,16+/m1/s1. The van der Waals surface area contributed by atoms with Crippen LogP contribution in [0.5, 0.6) is 5.75 Å². The highest BCUT2D eigenvalue weighted by Gasteiger charge is 2.31. The Balaban J connectivity index is 1.59. The number of carbonyl (C=O) groups excluding carboxylic acids is 2. The number of hydrogen-bond acceptors (Lipinski definition) is 5. The molecule has 1 aliphatic rings. The molecule has 6 nitrogen and oxygen atoms in total. The SMILES string of the molecule is COC(=O)C[C@H]1CC[C@@H](CNC(=O)CCCOc2ccccc2)N1C. The molecule has 1 aromatic rings. The van der Waals surface area contributed by atoms with Crippen LogP contribution in [0.15, 0.2) is 30.3 Å². The zero-order valence-corrected chi connectivity index (χ0v) is 15.1. The Labute approximate surface area is 149 Å². The van der Waals surface area contributed by atoms with Crippen LogP contribution in [0, 0.1) is 0 Å². The summed E-state index contributed by atoms with van der Waals surface area (Å²) in [5.74, 6) is 0.688. The predicted octanol–water partition coefficient (Wildman–Crippen LogP) is 1.99. The van der Waals surface area contributed by atoms with Gasteiger partial charge in [-0.3, -0.25) is 14.5 Å². The highest BCUT2D eigenvalue weighted by molar-refractivity contribution is 5.75. The molecule has 0 unspecified atom stereocenters. The Morgan fingerprint density at radius 2 is 1.92 bits per heavy atom. The lowest BCUT2D eigenvalue weighted by Crippen LogP contribution is -2.41. The van der Waals surface area contributed by atoms with Crippen molar-refractivity contribution in [3.63, 3.8) is 0 Å². The molecule has 1 aromatic carbocycles. The second kappa shape index (κ2) is 10.0. The minimum Gasteiger partial charge on any atom is -0.494 e. The third kappa shape index (κ3) is 6.38. The van der Waals surface area contributed by atoms with E-state index in [1.807, 2.05) is 37.4 Å². The van der Waals surface area contributed by atoms with Crippen LogP contribution in [0.2, 0.25) is 0 Å². The Hall–Kier alpha value is -2.08. The molecule has 0 spiro atoms. The number of benzene rings is 1. The van der Waals surface area contributed by atoms with Crippen LogP contribution in [0.25, 0.3) is 0 Å². The Kier molecular flexibility index (Phi) is 7.73. The number of rotatable bonds is 9.